The summed E-state index contributed by atoms with van der Waals surface area (Å²) < 4.78 is 11.1. The SMILES string of the molecule is COc1cc(/C=C(\C(=O)O)c2ccc(O)cc2)ccc1OCC(C)C. The first-order valence-electron chi connectivity index (χ1n) is 7.96. The van der Waals surface area contributed by atoms with Crippen molar-refractivity contribution in [1.29, 1.82) is 0 Å². The van der Waals surface area contributed by atoms with Crippen LogP contribution in [-0.2, 0) is 4.79 Å². The summed E-state index contributed by atoms with van der Waals surface area (Å²) in [5.74, 6) is 0.587. The number of carbonyl (C=O) groups is 1. The second-order valence-corrected chi connectivity index (χ2v) is 6.03. The number of hydrogen-bond donors (Lipinski definition) is 2. The van der Waals surface area contributed by atoms with Crippen LogP contribution in [-0.4, -0.2) is 29.9 Å². The zero-order chi connectivity index (χ0) is 18.4. The molecule has 5 heteroatoms. The van der Waals surface area contributed by atoms with Gasteiger partial charge in [0.05, 0.1) is 19.3 Å². The number of ether oxygens (including phenoxy) is 2. The van der Waals surface area contributed by atoms with E-state index >= 15 is 0 Å². The molecule has 2 N–H and O–H groups in total. The molecule has 0 atom stereocenters. The Hall–Kier alpha value is -2.95. The summed E-state index contributed by atoms with van der Waals surface area (Å²) in [7, 11) is 1.54. The van der Waals surface area contributed by atoms with Crippen molar-refractivity contribution in [3.63, 3.8) is 0 Å². The van der Waals surface area contributed by atoms with Gasteiger partial charge < -0.3 is 19.7 Å². The van der Waals surface area contributed by atoms with Gasteiger partial charge in [0.2, 0.25) is 0 Å². The summed E-state index contributed by atoms with van der Waals surface area (Å²) >= 11 is 0. The van der Waals surface area contributed by atoms with Gasteiger partial charge in [-0.1, -0.05) is 32.0 Å². The Morgan fingerprint density at radius 2 is 1.80 bits per heavy atom. The molecule has 0 aliphatic carbocycles. The van der Waals surface area contributed by atoms with Gasteiger partial charge in [-0.15, -0.1) is 0 Å². The van der Waals surface area contributed by atoms with E-state index in [2.05, 4.69) is 13.8 Å². The Kier molecular flexibility index (Phi) is 6.06. The topological polar surface area (TPSA) is 76.0 Å². The van der Waals surface area contributed by atoms with Crippen LogP contribution in [0, 0.1) is 5.92 Å². The molecule has 2 aromatic rings. The predicted octanol–water partition coefficient (Wildman–Crippen LogP) is 4.06. The minimum absolute atomic E-state index is 0.0850. The lowest BCUT2D eigenvalue weighted by atomic mass is 10.0. The first-order chi connectivity index (χ1) is 11.9. The van der Waals surface area contributed by atoms with E-state index in [-0.39, 0.29) is 11.3 Å². The van der Waals surface area contributed by atoms with Gasteiger partial charge in [0.15, 0.2) is 11.5 Å². The fourth-order valence-corrected chi connectivity index (χ4v) is 2.23. The average Bonchev–Trinajstić information content (AvgIpc) is 2.58. The summed E-state index contributed by atoms with van der Waals surface area (Å²) in [6, 6.07) is 11.3. The molecule has 0 amide bonds. The molecule has 0 fully saturated rings. The predicted molar refractivity (Wildman–Crippen MR) is 96.9 cm³/mol. The number of benzene rings is 2. The van der Waals surface area contributed by atoms with Crippen LogP contribution in [0.5, 0.6) is 17.2 Å². The van der Waals surface area contributed by atoms with Crippen LogP contribution >= 0.6 is 0 Å². The lowest BCUT2D eigenvalue weighted by Crippen LogP contribution is -2.05. The van der Waals surface area contributed by atoms with Crippen molar-refractivity contribution in [2.45, 2.75) is 13.8 Å². The molecular formula is C20H22O5. The quantitative estimate of drug-likeness (QED) is 0.586. The number of carboxylic acids is 1. The van der Waals surface area contributed by atoms with Crippen molar-refractivity contribution in [3.05, 3.63) is 53.6 Å². The van der Waals surface area contributed by atoms with E-state index in [1.165, 1.54) is 12.1 Å². The van der Waals surface area contributed by atoms with E-state index in [1.807, 2.05) is 0 Å². The first kappa shape index (κ1) is 18.4. The molecule has 0 unspecified atom stereocenters. The number of phenols is 1. The second-order valence-electron chi connectivity index (χ2n) is 6.03. The summed E-state index contributed by atoms with van der Waals surface area (Å²) in [5, 5.41) is 18.9. The smallest absolute Gasteiger partial charge is 0.336 e. The molecule has 2 rings (SSSR count). The fourth-order valence-electron chi connectivity index (χ4n) is 2.23. The molecular weight excluding hydrogens is 320 g/mol. The normalized spacial score (nSPS) is 11.4. The highest BCUT2D eigenvalue weighted by Gasteiger charge is 2.12. The van der Waals surface area contributed by atoms with Crippen molar-refractivity contribution >= 4 is 17.6 Å². The summed E-state index contributed by atoms with van der Waals surface area (Å²) in [6.07, 6.45) is 1.56. The lowest BCUT2D eigenvalue weighted by Gasteiger charge is -2.13. The minimum Gasteiger partial charge on any atom is -0.508 e. The van der Waals surface area contributed by atoms with E-state index < -0.39 is 5.97 Å². The van der Waals surface area contributed by atoms with Gasteiger partial charge >= 0.3 is 5.97 Å². The van der Waals surface area contributed by atoms with Gasteiger partial charge in [0.1, 0.15) is 5.75 Å². The first-order valence-corrected chi connectivity index (χ1v) is 7.96. The van der Waals surface area contributed by atoms with Crippen molar-refractivity contribution in [2.75, 3.05) is 13.7 Å². The lowest BCUT2D eigenvalue weighted by molar-refractivity contribution is -0.130. The molecule has 0 saturated carbocycles. The van der Waals surface area contributed by atoms with Crippen molar-refractivity contribution in [2.24, 2.45) is 5.92 Å². The van der Waals surface area contributed by atoms with Crippen molar-refractivity contribution in [3.8, 4) is 17.2 Å². The van der Waals surface area contributed by atoms with Crippen LogP contribution in [0.3, 0.4) is 0 Å². The van der Waals surface area contributed by atoms with E-state index in [9.17, 15) is 15.0 Å². The standard InChI is InChI=1S/C20H22O5/c1-13(2)12-25-18-9-4-14(11-19(18)24-3)10-17(20(22)23)15-5-7-16(21)8-6-15/h4-11,13,21H,12H2,1-3H3,(H,22,23)/b17-10-. The molecule has 0 saturated heterocycles. The van der Waals surface area contributed by atoms with Gasteiger partial charge in [-0.05, 0) is 47.4 Å². The number of phenolic OH excluding ortho intramolecular Hbond substituents is 1. The van der Waals surface area contributed by atoms with Gasteiger partial charge in [0, 0.05) is 0 Å². The van der Waals surface area contributed by atoms with Gasteiger partial charge in [-0.3, -0.25) is 0 Å². The molecule has 5 nitrogen and oxygen atoms in total. The third kappa shape index (κ3) is 5.01. The number of rotatable bonds is 7. The Labute approximate surface area is 147 Å². The highest BCUT2D eigenvalue weighted by atomic mass is 16.5. The molecule has 0 heterocycles. The fraction of sp³-hybridized carbons (Fsp3) is 0.250. The van der Waals surface area contributed by atoms with Crippen LogP contribution in [0.2, 0.25) is 0 Å². The van der Waals surface area contributed by atoms with Crippen molar-refractivity contribution < 1.29 is 24.5 Å². The van der Waals surface area contributed by atoms with Gasteiger partial charge in [0.25, 0.3) is 0 Å². The highest BCUT2D eigenvalue weighted by molar-refractivity contribution is 6.20. The molecule has 0 radical (unpaired) electrons. The average molecular weight is 342 g/mol. The number of hydrogen-bond acceptors (Lipinski definition) is 4. The summed E-state index contributed by atoms with van der Waals surface area (Å²) in [6.45, 7) is 4.68. The number of methoxy groups -OCH3 is 1. The van der Waals surface area contributed by atoms with Crippen LogP contribution in [0.25, 0.3) is 11.6 Å². The van der Waals surface area contributed by atoms with E-state index in [1.54, 1.807) is 43.5 Å². The summed E-state index contributed by atoms with van der Waals surface area (Å²) in [4.78, 5) is 11.6. The third-order valence-corrected chi connectivity index (χ3v) is 3.48. The Morgan fingerprint density at radius 3 is 2.36 bits per heavy atom. The Morgan fingerprint density at radius 1 is 1.12 bits per heavy atom. The third-order valence-electron chi connectivity index (χ3n) is 3.48. The van der Waals surface area contributed by atoms with Gasteiger partial charge in [-0.2, -0.15) is 0 Å². The molecule has 0 bridgehead atoms. The maximum absolute atomic E-state index is 11.6. The summed E-state index contributed by atoms with van der Waals surface area (Å²) in [5.41, 5.74) is 1.31. The maximum atomic E-state index is 11.6. The maximum Gasteiger partial charge on any atom is 0.336 e. The second kappa shape index (κ2) is 8.24. The monoisotopic (exact) mass is 342 g/mol. The number of carboxylic acid groups (broad SMARTS) is 1. The molecule has 0 aliphatic rings. The minimum atomic E-state index is -1.05. The van der Waals surface area contributed by atoms with Crippen LogP contribution in [0.15, 0.2) is 42.5 Å². The number of aromatic hydroxyl groups is 1. The van der Waals surface area contributed by atoms with Crippen LogP contribution in [0.1, 0.15) is 25.0 Å². The van der Waals surface area contributed by atoms with Gasteiger partial charge in [-0.25, -0.2) is 4.79 Å². The Balaban J connectivity index is 2.36. The van der Waals surface area contributed by atoms with Crippen LogP contribution < -0.4 is 9.47 Å². The van der Waals surface area contributed by atoms with E-state index in [4.69, 9.17) is 9.47 Å². The van der Waals surface area contributed by atoms with E-state index in [0.717, 1.165) is 0 Å². The van der Waals surface area contributed by atoms with Crippen LogP contribution in [0.4, 0.5) is 0 Å². The highest BCUT2D eigenvalue weighted by Crippen LogP contribution is 2.30. The molecule has 25 heavy (non-hydrogen) atoms. The zero-order valence-corrected chi connectivity index (χ0v) is 14.5. The molecule has 0 aliphatic heterocycles. The largest absolute Gasteiger partial charge is 0.508 e. The van der Waals surface area contributed by atoms with E-state index in [0.29, 0.717) is 35.2 Å². The molecule has 132 valence electrons. The zero-order valence-electron chi connectivity index (χ0n) is 14.5. The van der Waals surface area contributed by atoms with Crippen molar-refractivity contribution in [1.82, 2.24) is 0 Å². The molecule has 0 aromatic heterocycles. The molecule has 2 aromatic carbocycles. The Bertz CT molecular complexity index is 760. The number of aliphatic carboxylic acids is 1. The molecule has 0 spiro atoms.